The second-order valence-electron chi connectivity index (χ2n) is 5.13. The molecule has 0 radical (unpaired) electrons. The van der Waals surface area contributed by atoms with Crippen molar-refractivity contribution in [3.63, 3.8) is 0 Å². The predicted molar refractivity (Wildman–Crippen MR) is 76.9 cm³/mol. The normalized spacial score (nSPS) is 22.4. The molecule has 1 aromatic carbocycles. The average Bonchev–Trinajstić information content (AvgIpc) is 2.82. The zero-order valence-electron chi connectivity index (χ0n) is 11.1. The van der Waals surface area contributed by atoms with E-state index in [9.17, 15) is 18.3 Å². The fourth-order valence-electron chi connectivity index (χ4n) is 2.38. The Balaban J connectivity index is 2.09. The van der Waals surface area contributed by atoms with Crippen molar-refractivity contribution in [2.45, 2.75) is 30.3 Å². The van der Waals surface area contributed by atoms with E-state index in [1.807, 2.05) is 0 Å². The van der Waals surface area contributed by atoms with Gasteiger partial charge in [-0.1, -0.05) is 11.6 Å². The SMILES string of the molecule is O=C(O)c1ccc(S(=O)(=O)NCC2CCC(O)C2)cc1Cl. The highest BCUT2D eigenvalue weighted by Crippen LogP contribution is 2.25. The van der Waals surface area contributed by atoms with Crippen molar-refractivity contribution in [1.29, 1.82) is 0 Å². The molecule has 21 heavy (non-hydrogen) atoms. The fraction of sp³-hybridized carbons (Fsp3) is 0.462. The minimum Gasteiger partial charge on any atom is -0.478 e. The van der Waals surface area contributed by atoms with Crippen LogP contribution in [0.4, 0.5) is 0 Å². The van der Waals surface area contributed by atoms with E-state index in [2.05, 4.69) is 4.72 Å². The lowest BCUT2D eigenvalue weighted by atomic mass is 10.1. The first-order valence-corrected chi connectivity index (χ1v) is 8.36. The van der Waals surface area contributed by atoms with Crippen LogP contribution in [-0.4, -0.2) is 37.2 Å². The molecule has 2 unspecified atom stereocenters. The van der Waals surface area contributed by atoms with Gasteiger partial charge in [0.05, 0.1) is 21.6 Å². The van der Waals surface area contributed by atoms with Crippen LogP contribution in [0.2, 0.25) is 5.02 Å². The van der Waals surface area contributed by atoms with Crippen LogP contribution in [0.25, 0.3) is 0 Å². The molecule has 3 N–H and O–H groups in total. The van der Waals surface area contributed by atoms with Gasteiger partial charge in [-0.15, -0.1) is 0 Å². The molecule has 2 rings (SSSR count). The third-order valence-electron chi connectivity index (χ3n) is 3.56. The van der Waals surface area contributed by atoms with Crippen molar-refractivity contribution in [3.8, 4) is 0 Å². The molecule has 0 saturated heterocycles. The summed E-state index contributed by atoms with van der Waals surface area (Å²) in [4.78, 5) is 10.8. The second kappa shape index (κ2) is 6.31. The number of carboxylic acid groups (broad SMARTS) is 1. The Morgan fingerprint density at radius 3 is 2.62 bits per heavy atom. The van der Waals surface area contributed by atoms with E-state index >= 15 is 0 Å². The molecule has 6 nitrogen and oxygen atoms in total. The summed E-state index contributed by atoms with van der Waals surface area (Å²) in [6, 6.07) is 3.50. The van der Waals surface area contributed by atoms with Crippen molar-refractivity contribution in [2.75, 3.05) is 6.54 Å². The van der Waals surface area contributed by atoms with Crippen molar-refractivity contribution in [3.05, 3.63) is 28.8 Å². The highest BCUT2D eigenvalue weighted by molar-refractivity contribution is 7.89. The molecule has 1 saturated carbocycles. The number of aromatic carboxylic acids is 1. The number of halogens is 1. The molecule has 1 fully saturated rings. The fourth-order valence-corrected chi connectivity index (χ4v) is 3.85. The molecule has 0 amide bonds. The Labute approximate surface area is 127 Å². The van der Waals surface area contributed by atoms with Crippen LogP contribution in [0.3, 0.4) is 0 Å². The van der Waals surface area contributed by atoms with Gasteiger partial charge in [0.25, 0.3) is 0 Å². The molecule has 1 aliphatic rings. The van der Waals surface area contributed by atoms with Crippen LogP contribution >= 0.6 is 11.6 Å². The Hall–Kier alpha value is -1.15. The van der Waals surface area contributed by atoms with Gasteiger partial charge >= 0.3 is 5.97 Å². The number of rotatable bonds is 5. The quantitative estimate of drug-likeness (QED) is 0.757. The highest BCUT2D eigenvalue weighted by Gasteiger charge is 2.25. The molecule has 116 valence electrons. The Bertz CT molecular complexity index is 646. The van der Waals surface area contributed by atoms with E-state index in [4.69, 9.17) is 16.7 Å². The predicted octanol–water partition coefficient (Wildman–Crippen LogP) is 1.48. The van der Waals surface area contributed by atoms with Gasteiger partial charge in [-0.25, -0.2) is 17.9 Å². The van der Waals surface area contributed by atoms with Crippen molar-refractivity contribution < 1.29 is 23.4 Å². The van der Waals surface area contributed by atoms with E-state index in [0.717, 1.165) is 12.5 Å². The summed E-state index contributed by atoms with van der Waals surface area (Å²) in [6.07, 6.45) is 1.69. The first-order chi connectivity index (χ1) is 9.79. The maximum absolute atomic E-state index is 12.1. The third kappa shape index (κ3) is 3.94. The lowest BCUT2D eigenvalue weighted by molar-refractivity contribution is 0.0697. The van der Waals surface area contributed by atoms with E-state index in [0.29, 0.717) is 12.8 Å². The van der Waals surface area contributed by atoms with Crippen molar-refractivity contribution in [2.24, 2.45) is 5.92 Å². The summed E-state index contributed by atoms with van der Waals surface area (Å²) >= 11 is 5.77. The first-order valence-electron chi connectivity index (χ1n) is 6.50. The molecule has 0 heterocycles. The minimum absolute atomic E-state index is 0.0731. The lowest BCUT2D eigenvalue weighted by Gasteiger charge is -2.12. The summed E-state index contributed by atoms with van der Waals surface area (Å²) in [7, 11) is -3.74. The van der Waals surface area contributed by atoms with Crippen molar-refractivity contribution >= 4 is 27.6 Å². The number of hydrogen-bond acceptors (Lipinski definition) is 4. The number of nitrogens with one attached hydrogen (secondary N) is 1. The van der Waals surface area contributed by atoms with Gasteiger partial charge in [-0.3, -0.25) is 0 Å². The smallest absolute Gasteiger partial charge is 0.337 e. The maximum atomic E-state index is 12.1. The molecule has 0 aromatic heterocycles. The summed E-state index contributed by atoms with van der Waals surface area (Å²) in [5, 5.41) is 18.1. The van der Waals surface area contributed by atoms with E-state index in [1.165, 1.54) is 12.1 Å². The monoisotopic (exact) mass is 333 g/mol. The van der Waals surface area contributed by atoms with Crippen LogP contribution in [-0.2, 0) is 10.0 Å². The van der Waals surface area contributed by atoms with Crippen LogP contribution < -0.4 is 4.72 Å². The van der Waals surface area contributed by atoms with Crippen LogP contribution in [0.1, 0.15) is 29.6 Å². The summed E-state index contributed by atoms with van der Waals surface area (Å²) in [5.74, 6) is -1.10. The van der Waals surface area contributed by atoms with Crippen LogP contribution in [0, 0.1) is 5.92 Å². The average molecular weight is 334 g/mol. The maximum Gasteiger partial charge on any atom is 0.337 e. The van der Waals surface area contributed by atoms with E-state index in [1.54, 1.807) is 0 Å². The standard InChI is InChI=1S/C13H16ClNO5S/c14-12-6-10(3-4-11(12)13(17)18)21(19,20)15-7-8-1-2-9(16)5-8/h3-4,6,8-9,15-16H,1-2,5,7H2,(H,17,18). The van der Waals surface area contributed by atoms with Gasteiger partial charge in [0.2, 0.25) is 10.0 Å². The second-order valence-corrected chi connectivity index (χ2v) is 7.31. The number of aliphatic hydroxyl groups excluding tert-OH is 1. The van der Waals surface area contributed by atoms with Crippen molar-refractivity contribution in [1.82, 2.24) is 4.72 Å². The Morgan fingerprint density at radius 1 is 1.38 bits per heavy atom. The topological polar surface area (TPSA) is 104 Å². The Morgan fingerprint density at radius 2 is 2.10 bits per heavy atom. The lowest BCUT2D eigenvalue weighted by Crippen LogP contribution is -2.29. The molecule has 0 spiro atoms. The number of aliphatic hydroxyl groups is 1. The zero-order chi connectivity index (χ0) is 15.6. The number of benzene rings is 1. The van der Waals surface area contributed by atoms with Crippen LogP contribution in [0.15, 0.2) is 23.1 Å². The van der Waals surface area contributed by atoms with Crippen LogP contribution in [0.5, 0.6) is 0 Å². The zero-order valence-corrected chi connectivity index (χ0v) is 12.7. The number of hydrogen-bond donors (Lipinski definition) is 3. The molecule has 2 atom stereocenters. The summed E-state index contributed by atoms with van der Waals surface area (Å²) in [5.41, 5.74) is -0.144. The molecule has 1 aromatic rings. The largest absolute Gasteiger partial charge is 0.478 e. The molecule has 1 aliphatic carbocycles. The molecule has 0 aliphatic heterocycles. The van der Waals surface area contributed by atoms with Gasteiger partial charge in [0.1, 0.15) is 0 Å². The third-order valence-corrected chi connectivity index (χ3v) is 5.29. The minimum atomic E-state index is -3.74. The first kappa shape index (κ1) is 16.2. The summed E-state index contributed by atoms with van der Waals surface area (Å²) in [6.45, 7) is 0.248. The number of carboxylic acids is 1. The Kier molecular flexibility index (Phi) is 4.88. The molecule has 0 bridgehead atoms. The van der Waals surface area contributed by atoms with Gasteiger partial charge in [0, 0.05) is 6.54 Å². The van der Waals surface area contributed by atoms with Gasteiger partial charge in [-0.05, 0) is 43.4 Å². The molecular weight excluding hydrogens is 318 g/mol. The molecule has 8 heteroatoms. The van der Waals surface area contributed by atoms with E-state index in [-0.39, 0.29) is 34.0 Å². The summed E-state index contributed by atoms with van der Waals surface area (Å²) < 4.78 is 26.7. The highest BCUT2D eigenvalue weighted by atomic mass is 35.5. The molecular formula is C13H16ClNO5S. The number of carbonyl (C=O) groups is 1. The van der Waals surface area contributed by atoms with Gasteiger partial charge in [-0.2, -0.15) is 0 Å². The van der Waals surface area contributed by atoms with Gasteiger partial charge < -0.3 is 10.2 Å². The number of sulfonamides is 1. The van der Waals surface area contributed by atoms with Gasteiger partial charge in [0.15, 0.2) is 0 Å². The van der Waals surface area contributed by atoms with E-state index < -0.39 is 16.0 Å².